The number of unbranched alkanes of at least 4 members (excludes halogenated alkanes) is 16. The quantitative estimate of drug-likeness (QED) is 0.0991. The number of hydrogen-bond acceptors (Lipinski definition) is 3. The zero-order valence-electron chi connectivity index (χ0n) is 23.4. The maximum absolute atomic E-state index is 11.0. The van der Waals surface area contributed by atoms with Crippen molar-refractivity contribution in [3.63, 3.8) is 0 Å². The van der Waals surface area contributed by atoms with Crippen molar-refractivity contribution in [2.75, 3.05) is 34.3 Å². The summed E-state index contributed by atoms with van der Waals surface area (Å²) in [6, 6.07) is 0. The summed E-state index contributed by atoms with van der Waals surface area (Å²) in [6.45, 7) is 3.36. The molecule has 0 saturated heterocycles. The van der Waals surface area contributed by atoms with Crippen LogP contribution in [0.4, 0.5) is 0 Å². The second-order valence-electron chi connectivity index (χ2n) is 11.5. The van der Waals surface area contributed by atoms with Gasteiger partial charge in [0, 0.05) is 6.61 Å². The minimum Gasteiger partial charge on any atom is -0.481 e. The lowest BCUT2D eigenvalue weighted by molar-refractivity contribution is -0.873. The van der Waals surface area contributed by atoms with E-state index in [0.29, 0.717) is 24.1 Å². The van der Waals surface area contributed by atoms with Gasteiger partial charge in [-0.1, -0.05) is 116 Å². The van der Waals surface area contributed by atoms with Gasteiger partial charge in [-0.15, -0.1) is 0 Å². The summed E-state index contributed by atoms with van der Waals surface area (Å²) in [4.78, 5) is 11.0. The molecule has 0 aliphatic carbocycles. The van der Waals surface area contributed by atoms with Crippen molar-refractivity contribution in [2.24, 2.45) is 0 Å². The van der Waals surface area contributed by atoms with Crippen LogP contribution in [0.25, 0.3) is 0 Å². The summed E-state index contributed by atoms with van der Waals surface area (Å²) >= 11 is 0. The predicted molar refractivity (Wildman–Crippen MR) is 144 cm³/mol. The molecule has 34 heavy (non-hydrogen) atoms. The zero-order chi connectivity index (χ0) is 25.5. The van der Waals surface area contributed by atoms with Crippen LogP contribution >= 0.6 is 0 Å². The number of hydrogen-bond donors (Lipinski definition) is 2. The number of carboxylic acids is 1. The Kier molecular flexibility index (Phi) is 22.4. The van der Waals surface area contributed by atoms with Gasteiger partial charge in [-0.2, -0.15) is 0 Å². The summed E-state index contributed by atoms with van der Waals surface area (Å²) in [5.41, 5.74) is 0. The van der Waals surface area contributed by atoms with E-state index in [2.05, 4.69) is 6.92 Å². The molecule has 2 unspecified atom stereocenters. The van der Waals surface area contributed by atoms with Gasteiger partial charge in [-0.25, -0.2) is 0 Å². The Morgan fingerprint density at radius 1 is 0.706 bits per heavy atom. The molecule has 5 heteroatoms. The minimum absolute atomic E-state index is 0.0187. The van der Waals surface area contributed by atoms with E-state index in [1.165, 1.54) is 103 Å². The fourth-order valence-electron chi connectivity index (χ4n) is 4.60. The molecule has 2 N–H and O–H groups in total. The third-order valence-electron chi connectivity index (χ3n) is 6.60. The highest BCUT2D eigenvalue weighted by Crippen LogP contribution is 2.15. The lowest BCUT2D eigenvalue weighted by atomic mass is 10.0. The fourth-order valence-corrected chi connectivity index (χ4v) is 4.60. The number of aliphatic carboxylic acids is 1. The van der Waals surface area contributed by atoms with Gasteiger partial charge in [0.05, 0.1) is 33.7 Å². The molecular formula is C29H60NO4+. The maximum Gasteiger partial charge on any atom is 0.306 e. The number of rotatable bonds is 26. The van der Waals surface area contributed by atoms with E-state index in [-0.39, 0.29) is 18.6 Å². The van der Waals surface area contributed by atoms with Crippen molar-refractivity contribution in [3.05, 3.63) is 0 Å². The third-order valence-corrected chi connectivity index (χ3v) is 6.60. The number of aliphatic hydroxyl groups is 1. The normalized spacial score (nSPS) is 13.8. The summed E-state index contributed by atoms with van der Waals surface area (Å²) in [5, 5.41) is 19.3. The van der Waals surface area contributed by atoms with Gasteiger partial charge in [-0.05, 0) is 12.8 Å². The zero-order valence-corrected chi connectivity index (χ0v) is 23.4. The average molecular weight is 487 g/mol. The fraction of sp³-hybridized carbons (Fsp3) is 0.966. The summed E-state index contributed by atoms with van der Waals surface area (Å²) in [7, 11) is 6.10. The topological polar surface area (TPSA) is 66.8 Å². The first kappa shape index (κ1) is 33.4. The van der Waals surface area contributed by atoms with Crippen molar-refractivity contribution in [1.29, 1.82) is 0 Å². The first-order valence-electron chi connectivity index (χ1n) is 14.6. The summed E-state index contributed by atoms with van der Waals surface area (Å²) < 4.78 is 6.45. The molecule has 0 aliphatic rings. The Bertz CT molecular complexity index is 450. The Morgan fingerprint density at radius 3 is 1.50 bits per heavy atom. The van der Waals surface area contributed by atoms with Crippen LogP contribution < -0.4 is 0 Å². The van der Waals surface area contributed by atoms with E-state index in [9.17, 15) is 9.90 Å². The number of carboxylic acid groups (broad SMARTS) is 1. The molecule has 0 aromatic rings. The van der Waals surface area contributed by atoms with Gasteiger partial charge < -0.3 is 19.4 Å². The number of carbonyl (C=O) groups is 1. The smallest absolute Gasteiger partial charge is 0.306 e. The van der Waals surface area contributed by atoms with Gasteiger partial charge in [-0.3, -0.25) is 4.79 Å². The van der Waals surface area contributed by atoms with Crippen LogP contribution in [0.2, 0.25) is 0 Å². The molecule has 204 valence electrons. The van der Waals surface area contributed by atoms with Crippen LogP contribution in [-0.4, -0.2) is 67.2 Å². The van der Waals surface area contributed by atoms with Crippen LogP contribution in [0.1, 0.15) is 135 Å². The van der Waals surface area contributed by atoms with Crippen LogP contribution in [0.5, 0.6) is 0 Å². The molecule has 0 aliphatic heterocycles. The van der Waals surface area contributed by atoms with E-state index < -0.39 is 5.97 Å². The number of nitrogens with zero attached hydrogens (tertiary/aromatic N) is 1. The van der Waals surface area contributed by atoms with Gasteiger partial charge in [0.1, 0.15) is 12.6 Å². The van der Waals surface area contributed by atoms with Gasteiger partial charge >= 0.3 is 5.97 Å². The Hall–Kier alpha value is -0.650. The van der Waals surface area contributed by atoms with E-state index >= 15 is 0 Å². The Labute approximate surface area is 212 Å². The average Bonchev–Trinajstić information content (AvgIpc) is 2.74. The summed E-state index contributed by atoms with van der Waals surface area (Å²) in [5.74, 6) is -0.831. The second kappa shape index (κ2) is 22.8. The monoisotopic (exact) mass is 486 g/mol. The molecule has 0 spiro atoms. The predicted octanol–water partition coefficient (Wildman–Crippen LogP) is 7.35. The highest BCUT2D eigenvalue weighted by Gasteiger charge is 2.22. The molecule has 0 rings (SSSR count). The molecular weight excluding hydrogens is 426 g/mol. The van der Waals surface area contributed by atoms with Crippen LogP contribution in [0.3, 0.4) is 0 Å². The van der Waals surface area contributed by atoms with Gasteiger partial charge in [0.2, 0.25) is 0 Å². The van der Waals surface area contributed by atoms with Crippen molar-refractivity contribution < 1.29 is 24.2 Å². The lowest BCUT2D eigenvalue weighted by Gasteiger charge is -2.28. The lowest BCUT2D eigenvalue weighted by Crippen LogP contribution is -2.43. The van der Waals surface area contributed by atoms with Gasteiger partial charge in [0.15, 0.2) is 0 Å². The molecule has 0 bridgehead atoms. The summed E-state index contributed by atoms with van der Waals surface area (Å²) in [6.07, 6.45) is 23.9. The number of likely N-dealkylation sites (N-methyl/N-ethyl adjacent to an activating group) is 1. The van der Waals surface area contributed by atoms with Crippen molar-refractivity contribution >= 4 is 5.97 Å². The Morgan fingerprint density at radius 2 is 1.12 bits per heavy atom. The SMILES string of the molecule is CCCCCCCCCCCCCCCCCCCC(O)CCOC(CC(=O)O)C[N+](C)(C)C. The first-order valence-corrected chi connectivity index (χ1v) is 14.6. The highest BCUT2D eigenvalue weighted by molar-refractivity contribution is 5.67. The van der Waals surface area contributed by atoms with E-state index in [1.54, 1.807) is 0 Å². The van der Waals surface area contributed by atoms with Gasteiger partial charge in [0.25, 0.3) is 0 Å². The Balaban J connectivity index is 3.45. The molecule has 0 aromatic carbocycles. The largest absolute Gasteiger partial charge is 0.481 e. The molecule has 0 saturated carbocycles. The third kappa shape index (κ3) is 26.0. The van der Waals surface area contributed by atoms with Crippen molar-refractivity contribution in [2.45, 2.75) is 148 Å². The molecule has 0 amide bonds. The number of ether oxygens (including phenoxy) is 1. The molecule has 0 fully saturated rings. The molecule has 5 nitrogen and oxygen atoms in total. The van der Waals surface area contributed by atoms with E-state index in [4.69, 9.17) is 9.84 Å². The standard InChI is InChI=1S/C29H59NO4/c1-5-6-7-8-9-10-11-12-13-14-15-16-17-18-19-20-21-22-27(31)23-24-34-28(25-29(32)33)26-30(2,3)4/h27-28,31H,5-26H2,1-4H3/p+1. The van der Waals surface area contributed by atoms with Crippen LogP contribution in [0.15, 0.2) is 0 Å². The second-order valence-corrected chi connectivity index (χ2v) is 11.5. The molecule has 0 heterocycles. The molecule has 0 radical (unpaired) electrons. The van der Waals surface area contributed by atoms with E-state index in [1.807, 2.05) is 21.1 Å². The maximum atomic E-state index is 11.0. The molecule has 0 aromatic heterocycles. The van der Waals surface area contributed by atoms with E-state index in [0.717, 1.165) is 12.8 Å². The van der Waals surface area contributed by atoms with Crippen LogP contribution in [-0.2, 0) is 9.53 Å². The first-order chi connectivity index (χ1) is 16.2. The number of quaternary nitrogens is 1. The number of aliphatic hydroxyl groups excluding tert-OH is 1. The van der Waals surface area contributed by atoms with Crippen molar-refractivity contribution in [3.8, 4) is 0 Å². The van der Waals surface area contributed by atoms with Crippen LogP contribution in [0, 0.1) is 0 Å². The van der Waals surface area contributed by atoms with Crippen molar-refractivity contribution in [1.82, 2.24) is 0 Å². The molecule has 2 atom stereocenters. The highest BCUT2D eigenvalue weighted by atomic mass is 16.5. The minimum atomic E-state index is -0.831.